The molecular weight excluding hydrogens is 192 g/mol. The van der Waals surface area contributed by atoms with Crippen LogP contribution in [-0.4, -0.2) is 21.3 Å². The van der Waals surface area contributed by atoms with Crippen LogP contribution in [0.2, 0.25) is 0 Å². The van der Waals surface area contributed by atoms with E-state index in [1.807, 2.05) is 0 Å². The highest BCUT2D eigenvalue weighted by atomic mass is 16.4. The monoisotopic (exact) mass is 204 g/mol. The lowest BCUT2D eigenvalue weighted by Crippen LogP contribution is -2.02. The second-order valence-electron chi connectivity index (χ2n) is 5.08. The minimum atomic E-state index is -0.892. The third-order valence-corrected chi connectivity index (χ3v) is 4.27. The molecule has 0 saturated heterocycles. The molecule has 2 fully saturated rings. The average Bonchev–Trinajstić information content (AvgIpc) is 3.03. The van der Waals surface area contributed by atoms with Crippen LogP contribution in [-0.2, 0) is 6.42 Å². The molecule has 3 unspecified atom stereocenters. The van der Waals surface area contributed by atoms with Gasteiger partial charge in [0.25, 0.3) is 0 Å². The highest BCUT2D eigenvalue weighted by Crippen LogP contribution is 2.68. The molecule has 0 amide bonds. The number of hydrogen-bond acceptors (Lipinski definition) is 2. The molecule has 1 aromatic heterocycles. The van der Waals surface area contributed by atoms with E-state index in [0.29, 0.717) is 5.92 Å². The Bertz CT molecular complexity index is 461. The molecule has 3 aliphatic carbocycles. The van der Waals surface area contributed by atoms with E-state index >= 15 is 0 Å². The molecule has 15 heavy (non-hydrogen) atoms. The molecule has 3 atom stereocenters. The Morgan fingerprint density at radius 3 is 2.93 bits per heavy atom. The van der Waals surface area contributed by atoms with Crippen molar-refractivity contribution in [3.63, 3.8) is 0 Å². The minimum Gasteiger partial charge on any atom is -0.476 e. The molecular formula is C11H12N2O2. The molecule has 3 aliphatic rings. The highest BCUT2D eigenvalue weighted by molar-refractivity contribution is 5.87. The molecule has 2 N–H and O–H groups in total. The van der Waals surface area contributed by atoms with Crippen molar-refractivity contribution >= 4 is 5.97 Å². The van der Waals surface area contributed by atoms with Crippen molar-refractivity contribution in [3.8, 4) is 0 Å². The number of nitrogens with zero attached hydrogens (tertiary/aromatic N) is 1. The normalized spacial score (nSPS) is 36.1. The van der Waals surface area contributed by atoms with Crippen LogP contribution in [0.3, 0.4) is 0 Å². The largest absolute Gasteiger partial charge is 0.476 e. The Kier molecular flexibility index (Phi) is 1.19. The summed E-state index contributed by atoms with van der Waals surface area (Å²) in [5.41, 5.74) is 2.37. The maximum Gasteiger partial charge on any atom is 0.356 e. The van der Waals surface area contributed by atoms with Crippen LogP contribution in [0.5, 0.6) is 0 Å². The Morgan fingerprint density at radius 1 is 1.47 bits per heavy atom. The number of hydrogen-bond donors (Lipinski definition) is 2. The number of carboxylic acid groups (broad SMARTS) is 1. The van der Waals surface area contributed by atoms with Crippen molar-refractivity contribution in [2.75, 3.05) is 0 Å². The predicted molar refractivity (Wildman–Crippen MR) is 51.7 cm³/mol. The van der Waals surface area contributed by atoms with Crippen LogP contribution >= 0.6 is 0 Å². The van der Waals surface area contributed by atoms with Crippen molar-refractivity contribution in [1.82, 2.24) is 10.2 Å². The molecule has 0 spiro atoms. The van der Waals surface area contributed by atoms with E-state index in [4.69, 9.17) is 5.11 Å². The summed E-state index contributed by atoms with van der Waals surface area (Å²) in [5, 5.41) is 15.8. The van der Waals surface area contributed by atoms with Gasteiger partial charge in [-0.25, -0.2) is 4.79 Å². The summed E-state index contributed by atoms with van der Waals surface area (Å²) in [5.74, 6) is 2.24. The zero-order valence-electron chi connectivity index (χ0n) is 8.23. The summed E-state index contributed by atoms with van der Waals surface area (Å²) >= 11 is 0. The standard InChI is InChI=1S/C11H12N2O2/c14-11(15)10-6-3-5-7(4-1-2-4)8(5)9(6)12-13-10/h4-5,7-8H,1-3H2,(H,12,13)(H,14,15). The maximum absolute atomic E-state index is 10.9. The highest BCUT2D eigenvalue weighted by Gasteiger charge is 2.62. The maximum atomic E-state index is 10.9. The second kappa shape index (κ2) is 2.26. The number of fused-ring (bicyclic) bond motifs is 3. The van der Waals surface area contributed by atoms with E-state index in [2.05, 4.69) is 10.2 Å². The van der Waals surface area contributed by atoms with Gasteiger partial charge in [-0.15, -0.1) is 0 Å². The zero-order chi connectivity index (χ0) is 10.2. The van der Waals surface area contributed by atoms with Crippen molar-refractivity contribution in [3.05, 3.63) is 17.0 Å². The molecule has 2 saturated carbocycles. The van der Waals surface area contributed by atoms with Crippen molar-refractivity contribution in [2.24, 2.45) is 17.8 Å². The number of carbonyl (C=O) groups is 1. The fourth-order valence-electron chi connectivity index (χ4n) is 3.47. The first kappa shape index (κ1) is 7.91. The summed E-state index contributed by atoms with van der Waals surface area (Å²) in [7, 11) is 0. The van der Waals surface area contributed by atoms with Crippen LogP contribution in [0.1, 0.15) is 40.5 Å². The van der Waals surface area contributed by atoms with Crippen molar-refractivity contribution in [1.29, 1.82) is 0 Å². The number of aromatic amines is 1. The van der Waals surface area contributed by atoms with Gasteiger partial charge in [-0.05, 0) is 37.0 Å². The van der Waals surface area contributed by atoms with Gasteiger partial charge in [-0.3, -0.25) is 5.10 Å². The Hall–Kier alpha value is -1.32. The fourth-order valence-corrected chi connectivity index (χ4v) is 3.47. The van der Waals surface area contributed by atoms with Crippen LogP contribution in [0.25, 0.3) is 0 Å². The number of H-pyrrole nitrogens is 1. The summed E-state index contributed by atoms with van der Waals surface area (Å²) in [6.07, 6.45) is 3.71. The Balaban J connectivity index is 1.71. The molecule has 0 aromatic carbocycles. The third kappa shape index (κ3) is 0.874. The van der Waals surface area contributed by atoms with Crippen molar-refractivity contribution in [2.45, 2.75) is 25.2 Å². The first-order chi connectivity index (χ1) is 7.27. The number of rotatable bonds is 2. The Labute approximate surface area is 86.7 Å². The van der Waals surface area contributed by atoms with Gasteiger partial charge in [0, 0.05) is 17.2 Å². The van der Waals surface area contributed by atoms with Gasteiger partial charge in [0.1, 0.15) is 0 Å². The molecule has 4 heteroatoms. The number of aromatic carboxylic acids is 1. The van der Waals surface area contributed by atoms with Gasteiger partial charge in [-0.1, -0.05) is 0 Å². The number of nitrogens with one attached hydrogen (secondary N) is 1. The smallest absolute Gasteiger partial charge is 0.356 e. The predicted octanol–water partition coefficient (Wildman–Crippen LogP) is 1.40. The molecule has 0 radical (unpaired) electrons. The van der Waals surface area contributed by atoms with Crippen LogP contribution < -0.4 is 0 Å². The van der Waals surface area contributed by atoms with E-state index in [1.54, 1.807) is 0 Å². The van der Waals surface area contributed by atoms with E-state index in [0.717, 1.165) is 35.4 Å². The van der Waals surface area contributed by atoms with Gasteiger partial charge in [0.05, 0.1) is 0 Å². The Morgan fingerprint density at radius 2 is 2.27 bits per heavy atom. The van der Waals surface area contributed by atoms with E-state index < -0.39 is 5.97 Å². The molecule has 1 aromatic rings. The summed E-state index contributed by atoms with van der Waals surface area (Å²) in [6, 6.07) is 0. The summed E-state index contributed by atoms with van der Waals surface area (Å²) in [6.45, 7) is 0. The average molecular weight is 204 g/mol. The van der Waals surface area contributed by atoms with Gasteiger partial charge < -0.3 is 5.11 Å². The molecule has 78 valence electrons. The second-order valence-corrected chi connectivity index (χ2v) is 5.08. The number of carboxylic acids is 1. The van der Waals surface area contributed by atoms with Gasteiger partial charge in [0.2, 0.25) is 0 Å². The van der Waals surface area contributed by atoms with E-state index in [1.165, 1.54) is 12.8 Å². The van der Waals surface area contributed by atoms with Crippen LogP contribution in [0.4, 0.5) is 0 Å². The quantitative estimate of drug-likeness (QED) is 0.765. The molecule has 0 bridgehead atoms. The SMILES string of the molecule is O=C(O)c1n[nH]c2c1CC1C2C1C1CC1. The van der Waals surface area contributed by atoms with E-state index in [9.17, 15) is 4.79 Å². The topological polar surface area (TPSA) is 66.0 Å². The summed E-state index contributed by atoms with van der Waals surface area (Å²) in [4.78, 5) is 10.9. The lowest BCUT2D eigenvalue weighted by atomic mass is 10.0. The number of aromatic nitrogens is 2. The minimum absolute atomic E-state index is 0.256. The zero-order valence-corrected chi connectivity index (χ0v) is 8.23. The molecule has 4 nitrogen and oxygen atoms in total. The lowest BCUT2D eigenvalue weighted by molar-refractivity contribution is 0.0689. The lowest BCUT2D eigenvalue weighted by Gasteiger charge is -2.00. The first-order valence-electron chi connectivity index (χ1n) is 5.58. The molecule has 0 aliphatic heterocycles. The molecule has 1 heterocycles. The van der Waals surface area contributed by atoms with Crippen LogP contribution in [0.15, 0.2) is 0 Å². The third-order valence-electron chi connectivity index (χ3n) is 4.27. The fraction of sp³-hybridized carbons (Fsp3) is 0.636. The van der Waals surface area contributed by atoms with Gasteiger partial charge in [0.15, 0.2) is 5.69 Å². The first-order valence-corrected chi connectivity index (χ1v) is 5.58. The van der Waals surface area contributed by atoms with Crippen molar-refractivity contribution < 1.29 is 9.90 Å². The van der Waals surface area contributed by atoms with E-state index in [-0.39, 0.29) is 5.69 Å². The van der Waals surface area contributed by atoms with Gasteiger partial charge in [-0.2, -0.15) is 5.10 Å². The van der Waals surface area contributed by atoms with Crippen LogP contribution in [0, 0.1) is 17.8 Å². The molecule has 4 rings (SSSR count). The summed E-state index contributed by atoms with van der Waals surface area (Å²) < 4.78 is 0. The van der Waals surface area contributed by atoms with Gasteiger partial charge >= 0.3 is 5.97 Å².